The Morgan fingerprint density at radius 3 is 2.37 bits per heavy atom. The molecule has 2 aliphatic rings. The fourth-order valence-corrected chi connectivity index (χ4v) is 2.56. The van der Waals surface area contributed by atoms with Gasteiger partial charge in [-0.25, -0.2) is 0 Å². The standard InChI is InChI=1S/C13H24O6/c1-4-5-6-16-10-9-11(18-12(2,3)17-9)19-13(10,7-14)8-15/h9-11,14-15H,4-8H2,1-3H3. The third-order valence-corrected chi connectivity index (χ3v) is 3.59. The second kappa shape index (κ2) is 5.63. The van der Waals surface area contributed by atoms with Crippen LogP contribution in [0.5, 0.6) is 0 Å². The van der Waals surface area contributed by atoms with E-state index in [9.17, 15) is 10.2 Å². The minimum absolute atomic E-state index is 0.333. The fraction of sp³-hybridized carbons (Fsp3) is 1.00. The molecule has 2 N–H and O–H groups in total. The Kier molecular flexibility index (Phi) is 4.49. The molecule has 3 unspecified atom stereocenters. The van der Waals surface area contributed by atoms with Crippen molar-refractivity contribution in [1.82, 2.24) is 0 Å². The van der Waals surface area contributed by atoms with Gasteiger partial charge in [-0.05, 0) is 20.3 Å². The molecule has 0 aromatic rings. The van der Waals surface area contributed by atoms with E-state index in [2.05, 4.69) is 6.92 Å². The van der Waals surface area contributed by atoms with E-state index >= 15 is 0 Å². The number of rotatable bonds is 6. The van der Waals surface area contributed by atoms with Gasteiger partial charge in [-0.15, -0.1) is 0 Å². The van der Waals surface area contributed by atoms with Crippen LogP contribution in [-0.2, 0) is 18.9 Å². The van der Waals surface area contributed by atoms with Crippen LogP contribution in [0, 0.1) is 0 Å². The topological polar surface area (TPSA) is 77.4 Å². The number of unbranched alkanes of at least 4 members (excludes halogenated alkanes) is 1. The zero-order valence-corrected chi connectivity index (χ0v) is 11.8. The normalized spacial score (nSPS) is 35.5. The Bertz CT molecular complexity index is 302. The Morgan fingerprint density at radius 2 is 1.79 bits per heavy atom. The summed E-state index contributed by atoms with van der Waals surface area (Å²) in [6.07, 6.45) is 0.355. The van der Waals surface area contributed by atoms with Crippen molar-refractivity contribution in [3.8, 4) is 0 Å². The average molecular weight is 276 g/mol. The first-order valence-electron chi connectivity index (χ1n) is 6.85. The Labute approximate surface area is 113 Å². The van der Waals surface area contributed by atoms with E-state index in [0.29, 0.717) is 6.61 Å². The molecule has 0 amide bonds. The van der Waals surface area contributed by atoms with Crippen LogP contribution in [0.3, 0.4) is 0 Å². The molecular weight excluding hydrogens is 252 g/mol. The highest BCUT2D eigenvalue weighted by molar-refractivity contribution is 5.04. The lowest BCUT2D eigenvalue weighted by Gasteiger charge is -2.33. The van der Waals surface area contributed by atoms with Gasteiger partial charge in [0.05, 0.1) is 13.2 Å². The Balaban J connectivity index is 2.11. The largest absolute Gasteiger partial charge is 0.393 e. The molecule has 6 nitrogen and oxygen atoms in total. The first-order valence-corrected chi connectivity index (χ1v) is 6.85. The monoisotopic (exact) mass is 276 g/mol. The fourth-order valence-electron chi connectivity index (χ4n) is 2.56. The van der Waals surface area contributed by atoms with E-state index in [4.69, 9.17) is 18.9 Å². The molecule has 0 bridgehead atoms. The maximum Gasteiger partial charge on any atom is 0.190 e. The maximum atomic E-state index is 9.55. The highest BCUT2D eigenvalue weighted by atomic mass is 16.8. The van der Waals surface area contributed by atoms with Crippen molar-refractivity contribution in [2.45, 2.75) is 63.5 Å². The van der Waals surface area contributed by atoms with Gasteiger partial charge in [0.25, 0.3) is 0 Å². The molecule has 0 radical (unpaired) electrons. The van der Waals surface area contributed by atoms with Crippen molar-refractivity contribution in [3.63, 3.8) is 0 Å². The summed E-state index contributed by atoms with van der Waals surface area (Å²) >= 11 is 0. The van der Waals surface area contributed by atoms with Crippen molar-refractivity contribution < 1.29 is 29.2 Å². The summed E-state index contributed by atoms with van der Waals surface area (Å²) in [7, 11) is 0. The highest BCUT2D eigenvalue weighted by Crippen LogP contribution is 2.43. The number of aliphatic hydroxyl groups excluding tert-OH is 2. The minimum atomic E-state index is -1.15. The Hall–Kier alpha value is -0.240. The summed E-state index contributed by atoms with van der Waals surface area (Å²) in [4.78, 5) is 0. The number of fused-ring (bicyclic) bond motifs is 1. The van der Waals surface area contributed by atoms with E-state index in [1.807, 2.05) is 0 Å². The SMILES string of the molecule is CCCCOC1C2OC(C)(C)OC2OC1(CO)CO. The van der Waals surface area contributed by atoms with E-state index in [1.165, 1.54) is 0 Å². The second-order valence-electron chi connectivity index (χ2n) is 5.61. The first-order chi connectivity index (χ1) is 8.98. The van der Waals surface area contributed by atoms with Gasteiger partial charge in [-0.3, -0.25) is 0 Å². The Morgan fingerprint density at radius 1 is 1.11 bits per heavy atom. The summed E-state index contributed by atoms with van der Waals surface area (Å²) < 4.78 is 22.9. The van der Waals surface area contributed by atoms with Gasteiger partial charge in [0, 0.05) is 6.61 Å². The van der Waals surface area contributed by atoms with Crippen LogP contribution < -0.4 is 0 Å². The summed E-state index contributed by atoms with van der Waals surface area (Å²) in [5, 5.41) is 19.1. The summed E-state index contributed by atoms with van der Waals surface area (Å²) in [6, 6.07) is 0. The van der Waals surface area contributed by atoms with Gasteiger partial charge in [0.15, 0.2) is 12.1 Å². The molecule has 0 aromatic carbocycles. The number of hydrogen-bond donors (Lipinski definition) is 2. The molecule has 0 aliphatic carbocycles. The summed E-state index contributed by atoms with van der Waals surface area (Å²) in [6.45, 7) is 5.55. The third-order valence-electron chi connectivity index (χ3n) is 3.59. The zero-order valence-electron chi connectivity index (χ0n) is 11.8. The van der Waals surface area contributed by atoms with Crippen molar-refractivity contribution in [1.29, 1.82) is 0 Å². The van der Waals surface area contributed by atoms with Crippen LogP contribution in [-0.4, -0.2) is 59.9 Å². The lowest BCUT2D eigenvalue weighted by Crippen LogP contribution is -2.52. The molecule has 3 atom stereocenters. The molecule has 19 heavy (non-hydrogen) atoms. The van der Waals surface area contributed by atoms with E-state index in [0.717, 1.165) is 12.8 Å². The number of ether oxygens (including phenoxy) is 4. The van der Waals surface area contributed by atoms with Gasteiger partial charge >= 0.3 is 0 Å². The van der Waals surface area contributed by atoms with Gasteiger partial charge in [-0.2, -0.15) is 0 Å². The molecule has 6 heteroatoms. The van der Waals surface area contributed by atoms with E-state index < -0.39 is 29.9 Å². The lowest BCUT2D eigenvalue weighted by atomic mass is 9.97. The molecule has 2 saturated heterocycles. The van der Waals surface area contributed by atoms with Crippen LogP contribution in [0.2, 0.25) is 0 Å². The van der Waals surface area contributed by atoms with E-state index in [-0.39, 0.29) is 13.2 Å². The van der Waals surface area contributed by atoms with Gasteiger partial charge in [-0.1, -0.05) is 13.3 Å². The van der Waals surface area contributed by atoms with Gasteiger partial charge < -0.3 is 29.2 Å². The summed E-state index contributed by atoms with van der Waals surface area (Å²) in [5.74, 6) is -0.737. The third kappa shape index (κ3) is 2.79. The number of hydrogen-bond acceptors (Lipinski definition) is 6. The van der Waals surface area contributed by atoms with Crippen LogP contribution >= 0.6 is 0 Å². The molecule has 2 rings (SSSR count). The summed E-state index contributed by atoms with van der Waals surface area (Å²) in [5.41, 5.74) is -1.15. The van der Waals surface area contributed by atoms with Crippen molar-refractivity contribution in [2.75, 3.05) is 19.8 Å². The average Bonchev–Trinajstić information content (AvgIpc) is 2.80. The lowest BCUT2D eigenvalue weighted by molar-refractivity contribution is -0.257. The second-order valence-corrected chi connectivity index (χ2v) is 5.61. The van der Waals surface area contributed by atoms with Crippen LogP contribution in [0.4, 0.5) is 0 Å². The van der Waals surface area contributed by atoms with Crippen molar-refractivity contribution >= 4 is 0 Å². The molecule has 2 heterocycles. The smallest absolute Gasteiger partial charge is 0.190 e. The van der Waals surface area contributed by atoms with Crippen LogP contribution in [0.15, 0.2) is 0 Å². The van der Waals surface area contributed by atoms with Crippen molar-refractivity contribution in [2.24, 2.45) is 0 Å². The zero-order chi connectivity index (χ0) is 14.1. The minimum Gasteiger partial charge on any atom is -0.393 e. The molecule has 0 saturated carbocycles. The molecule has 0 aromatic heterocycles. The molecule has 2 aliphatic heterocycles. The van der Waals surface area contributed by atoms with Crippen LogP contribution in [0.1, 0.15) is 33.6 Å². The predicted octanol–water partition coefficient (Wildman–Crippen LogP) is 0.403. The number of aliphatic hydroxyl groups is 2. The molecule has 2 fully saturated rings. The van der Waals surface area contributed by atoms with Gasteiger partial charge in [0.1, 0.15) is 17.8 Å². The molecule has 112 valence electrons. The quantitative estimate of drug-likeness (QED) is 0.684. The van der Waals surface area contributed by atoms with E-state index in [1.54, 1.807) is 13.8 Å². The van der Waals surface area contributed by atoms with Gasteiger partial charge in [0.2, 0.25) is 0 Å². The van der Waals surface area contributed by atoms with Crippen molar-refractivity contribution in [3.05, 3.63) is 0 Å². The van der Waals surface area contributed by atoms with Crippen LogP contribution in [0.25, 0.3) is 0 Å². The highest BCUT2D eigenvalue weighted by Gasteiger charge is 2.62. The maximum absolute atomic E-state index is 9.55. The first kappa shape index (κ1) is 15.2. The molecule has 0 spiro atoms. The molecular formula is C13H24O6. The predicted molar refractivity (Wildman–Crippen MR) is 66.5 cm³/mol.